The van der Waals surface area contributed by atoms with Gasteiger partial charge in [0.15, 0.2) is 0 Å². The number of carboxylic acids is 1. The van der Waals surface area contributed by atoms with Crippen LogP contribution in [0, 0.1) is 6.92 Å². The van der Waals surface area contributed by atoms with Gasteiger partial charge in [-0.05, 0) is 31.0 Å². The summed E-state index contributed by atoms with van der Waals surface area (Å²) in [6, 6.07) is 6.06. The van der Waals surface area contributed by atoms with Crippen LogP contribution in [0.4, 0.5) is 0 Å². The molecule has 2 rings (SSSR count). The van der Waals surface area contributed by atoms with Gasteiger partial charge in [-0.3, -0.25) is 0 Å². The Morgan fingerprint density at radius 1 is 1.47 bits per heavy atom. The number of aryl methyl sites for hydroxylation is 2. The van der Waals surface area contributed by atoms with Crippen molar-refractivity contribution in [3.8, 4) is 0 Å². The molecule has 2 aromatic rings. The number of thiophene rings is 1. The van der Waals surface area contributed by atoms with Gasteiger partial charge in [0.25, 0.3) is 0 Å². The second kappa shape index (κ2) is 3.66. The summed E-state index contributed by atoms with van der Waals surface area (Å²) in [6.45, 7) is 3.93. The summed E-state index contributed by atoms with van der Waals surface area (Å²) in [5.74, 6) is -0.827. The molecular formula is C12H12O2S. The molecule has 15 heavy (non-hydrogen) atoms. The lowest BCUT2D eigenvalue weighted by molar-refractivity contribution is 0.0699. The van der Waals surface area contributed by atoms with E-state index in [1.165, 1.54) is 5.56 Å². The average Bonchev–Trinajstić information content (AvgIpc) is 2.52. The number of hydrogen-bond donors (Lipinski definition) is 1. The van der Waals surface area contributed by atoms with E-state index in [0.29, 0.717) is 5.56 Å². The molecule has 0 aliphatic heterocycles. The second-order valence-electron chi connectivity index (χ2n) is 3.52. The quantitative estimate of drug-likeness (QED) is 0.841. The minimum atomic E-state index is -0.827. The summed E-state index contributed by atoms with van der Waals surface area (Å²) in [7, 11) is 0. The molecule has 2 nitrogen and oxygen atoms in total. The number of hydrogen-bond acceptors (Lipinski definition) is 2. The van der Waals surface area contributed by atoms with Crippen molar-refractivity contribution < 1.29 is 9.90 Å². The molecule has 1 heterocycles. The Kier molecular flexibility index (Phi) is 2.49. The van der Waals surface area contributed by atoms with Crippen LogP contribution in [0.5, 0.6) is 0 Å². The zero-order valence-corrected chi connectivity index (χ0v) is 9.52. The lowest BCUT2D eigenvalue weighted by Crippen LogP contribution is -1.96. The lowest BCUT2D eigenvalue weighted by atomic mass is 10.1. The van der Waals surface area contributed by atoms with E-state index in [0.717, 1.165) is 21.4 Å². The Bertz CT molecular complexity index is 526. The van der Waals surface area contributed by atoms with E-state index in [2.05, 4.69) is 13.0 Å². The van der Waals surface area contributed by atoms with E-state index in [-0.39, 0.29) is 0 Å². The largest absolute Gasteiger partial charge is 0.478 e. The third-order valence-electron chi connectivity index (χ3n) is 2.55. The number of rotatable bonds is 2. The molecule has 0 spiro atoms. The van der Waals surface area contributed by atoms with Crippen LogP contribution >= 0.6 is 11.3 Å². The highest BCUT2D eigenvalue weighted by atomic mass is 32.1. The Balaban J connectivity index is 2.77. The highest BCUT2D eigenvalue weighted by molar-refractivity contribution is 7.19. The maximum atomic E-state index is 11.1. The third kappa shape index (κ3) is 1.63. The highest BCUT2D eigenvalue weighted by Crippen LogP contribution is 2.31. The van der Waals surface area contributed by atoms with Crippen molar-refractivity contribution in [2.75, 3.05) is 0 Å². The van der Waals surface area contributed by atoms with Crippen molar-refractivity contribution in [2.45, 2.75) is 20.3 Å². The molecule has 3 heteroatoms. The van der Waals surface area contributed by atoms with Crippen molar-refractivity contribution in [2.24, 2.45) is 0 Å². The van der Waals surface area contributed by atoms with E-state index in [1.807, 2.05) is 19.1 Å². The fraction of sp³-hybridized carbons (Fsp3) is 0.250. The van der Waals surface area contributed by atoms with Gasteiger partial charge in [-0.15, -0.1) is 11.3 Å². The fourth-order valence-electron chi connectivity index (χ4n) is 1.75. The first kappa shape index (κ1) is 10.2. The zero-order valence-electron chi connectivity index (χ0n) is 8.70. The predicted molar refractivity (Wildman–Crippen MR) is 62.9 cm³/mol. The molecule has 1 N–H and O–H groups in total. The van der Waals surface area contributed by atoms with Crippen LogP contribution in [0.1, 0.15) is 27.7 Å². The SMILES string of the molecule is CCc1ccc2sc(C)c(C(=O)O)c2c1. The van der Waals surface area contributed by atoms with Crippen molar-refractivity contribution in [3.63, 3.8) is 0 Å². The molecule has 1 aromatic heterocycles. The minimum Gasteiger partial charge on any atom is -0.478 e. The van der Waals surface area contributed by atoms with Crippen molar-refractivity contribution in [3.05, 3.63) is 34.2 Å². The van der Waals surface area contributed by atoms with Gasteiger partial charge in [-0.25, -0.2) is 4.79 Å². The summed E-state index contributed by atoms with van der Waals surface area (Å²) in [4.78, 5) is 12.0. The van der Waals surface area contributed by atoms with Gasteiger partial charge in [-0.2, -0.15) is 0 Å². The number of carboxylic acid groups (broad SMARTS) is 1. The zero-order chi connectivity index (χ0) is 11.0. The normalized spacial score (nSPS) is 10.8. The molecule has 0 amide bonds. The van der Waals surface area contributed by atoms with Crippen molar-refractivity contribution in [1.82, 2.24) is 0 Å². The number of aromatic carboxylic acids is 1. The lowest BCUT2D eigenvalue weighted by Gasteiger charge is -1.97. The van der Waals surface area contributed by atoms with E-state index in [4.69, 9.17) is 5.11 Å². The molecule has 0 fully saturated rings. The van der Waals surface area contributed by atoms with Crippen LogP contribution < -0.4 is 0 Å². The second-order valence-corrected chi connectivity index (χ2v) is 4.78. The first-order valence-electron chi connectivity index (χ1n) is 4.88. The van der Waals surface area contributed by atoms with E-state index in [9.17, 15) is 4.79 Å². The van der Waals surface area contributed by atoms with E-state index >= 15 is 0 Å². The summed E-state index contributed by atoms with van der Waals surface area (Å²) in [5, 5.41) is 10.0. The Morgan fingerprint density at radius 3 is 2.80 bits per heavy atom. The summed E-state index contributed by atoms with van der Waals surface area (Å²) in [6.07, 6.45) is 0.934. The predicted octanol–water partition coefficient (Wildman–Crippen LogP) is 3.47. The van der Waals surface area contributed by atoms with Crippen LogP contribution in [-0.4, -0.2) is 11.1 Å². The number of fused-ring (bicyclic) bond motifs is 1. The molecule has 0 saturated carbocycles. The molecule has 78 valence electrons. The number of carbonyl (C=O) groups is 1. The van der Waals surface area contributed by atoms with Crippen molar-refractivity contribution in [1.29, 1.82) is 0 Å². The van der Waals surface area contributed by atoms with Crippen LogP contribution in [0.15, 0.2) is 18.2 Å². The maximum absolute atomic E-state index is 11.1. The first-order valence-corrected chi connectivity index (χ1v) is 5.70. The Hall–Kier alpha value is -1.35. The average molecular weight is 220 g/mol. The molecule has 0 radical (unpaired) electrons. The van der Waals surface area contributed by atoms with Crippen molar-refractivity contribution >= 4 is 27.4 Å². The molecule has 0 aliphatic rings. The molecule has 0 bridgehead atoms. The van der Waals surface area contributed by atoms with Gasteiger partial charge in [0.05, 0.1) is 5.56 Å². The summed E-state index contributed by atoms with van der Waals surface area (Å²) in [5.41, 5.74) is 1.65. The smallest absolute Gasteiger partial charge is 0.337 e. The fourth-order valence-corrected chi connectivity index (χ4v) is 2.79. The molecule has 1 aromatic carbocycles. The van der Waals surface area contributed by atoms with E-state index in [1.54, 1.807) is 11.3 Å². The van der Waals surface area contributed by atoms with Gasteiger partial charge >= 0.3 is 5.97 Å². The van der Waals surface area contributed by atoms with Gasteiger partial charge in [0.2, 0.25) is 0 Å². The standard InChI is InChI=1S/C12H12O2S/c1-3-8-4-5-10-9(6-8)11(12(13)14)7(2)15-10/h4-6H,3H2,1-2H3,(H,13,14). The molecule has 0 unspecified atom stereocenters. The monoisotopic (exact) mass is 220 g/mol. The molecule has 0 aliphatic carbocycles. The van der Waals surface area contributed by atoms with Gasteiger partial charge in [0, 0.05) is 15.0 Å². The van der Waals surface area contributed by atoms with E-state index < -0.39 is 5.97 Å². The topological polar surface area (TPSA) is 37.3 Å². The van der Waals surface area contributed by atoms with Crippen LogP contribution in [0.2, 0.25) is 0 Å². The summed E-state index contributed by atoms with van der Waals surface area (Å²) < 4.78 is 1.06. The van der Waals surface area contributed by atoms with Gasteiger partial charge in [-0.1, -0.05) is 13.0 Å². The third-order valence-corrected chi connectivity index (χ3v) is 3.64. The van der Waals surface area contributed by atoms with Crippen LogP contribution in [0.3, 0.4) is 0 Å². The first-order chi connectivity index (χ1) is 7.13. The minimum absolute atomic E-state index is 0.463. The number of benzene rings is 1. The molecule has 0 atom stereocenters. The van der Waals surface area contributed by atoms with Crippen LogP contribution in [0.25, 0.3) is 10.1 Å². The molecular weight excluding hydrogens is 208 g/mol. The molecule has 0 saturated heterocycles. The van der Waals surface area contributed by atoms with Crippen LogP contribution in [-0.2, 0) is 6.42 Å². The Morgan fingerprint density at radius 2 is 2.20 bits per heavy atom. The Labute approximate surface area is 92.2 Å². The highest BCUT2D eigenvalue weighted by Gasteiger charge is 2.15. The van der Waals surface area contributed by atoms with Gasteiger partial charge < -0.3 is 5.11 Å². The maximum Gasteiger partial charge on any atom is 0.337 e. The van der Waals surface area contributed by atoms with Gasteiger partial charge in [0.1, 0.15) is 0 Å². The summed E-state index contributed by atoms with van der Waals surface area (Å²) >= 11 is 1.55.